The van der Waals surface area contributed by atoms with Crippen molar-refractivity contribution in [3.8, 4) is 0 Å². The quantitative estimate of drug-likeness (QED) is 0.508. The topological polar surface area (TPSA) is 46.5 Å². The first-order chi connectivity index (χ1) is 6.52. The number of esters is 1. The lowest BCUT2D eigenvalue weighted by molar-refractivity contribution is -0.146. The second-order valence-corrected chi connectivity index (χ2v) is 4.17. The van der Waals surface area contributed by atoms with Gasteiger partial charge < -0.3 is 9.84 Å². The minimum absolute atomic E-state index is 0.114. The summed E-state index contributed by atoms with van der Waals surface area (Å²) in [4.78, 5) is 11.1. The molecule has 0 rings (SSSR count). The number of carbonyl (C=O) groups excluding carboxylic acids is 1. The molecule has 0 aliphatic heterocycles. The van der Waals surface area contributed by atoms with Gasteiger partial charge in [-0.2, -0.15) is 0 Å². The van der Waals surface area contributed by atoms with Crippen LogP contribution in [0, 0.1) is 5.92 Å². The fourth-order valence-corrected chi connectivity index (χ4v) is 1.11. The van der Waals surface area contributed by atoms with E-state index in [1.807, 2.05) is 0 Å². The monoisotopic (exact) mass is 202 g/mol. The molecule has 0 spiro atoms. The fraction of sp³-hybridized carbons (Fsp3) is 0.909. The molecule has 0 amide bonds. The molecule has 3 heteroatoms. The van der Waals surface area contributed by atoms with E-state index in [9.17, 15) is 4.79 Å². The summed E-state index contributed by atoms with van der Waals surface area (Å²) in [5, 5.41) is 8.87. The van der Waals surface area contributed by atoms with E-state index in [-0.39, 0.29) is 12.6 Å². The Morgan fingerprint density at radius 1 is 1.29 bits per heavy atom. The van der Waals surface area contributed by atoms with Crippen LogP contribution in [-0.4, -0.2) is 23.8 Å². The number of aliphatic hydroxyl groups excluding tert-OH is 1. The Balaban J connectivity index is 3.27. The maximum atomic E-state index is 11.1. The van der Waals surface area contributed by atoms with Gasteiger partial charge >= 0.3 is 5.97 Å². The van der Waals surface area contributed by atoms with Gasteiger partial charge in [-0.05, 0) is 19.3 Å². The van der Waals surface area contributed by atoms with Gasteiger partial charge in [-0.1, -0.05) is 26.7 Å². The summed E-state index contributed by atoms with van der Waals surface area (Å²) in [7, 11) is 0. The van der Waals surface area contributed by atoms with E-state index in [1.54, 1.807) is 6.92 Å². The van der Waals surface area contributed by atoms with Gasteiger partial charge in [0, 0.05) is 6.42 Å². The zero-order chi connectivity index (χ0) is 11.0. The SMILES string of the molecule is CC(C)CCCCC(=O)OCC(C)O. The van der Waals surface area contributed by atoms with Crippen LogP contribution in [0.4, 0.5) is 0 Å². The van der Waals surface area contributed by atoms with E-state index in [4.69, 9.17) is 9.84 Å². The summed E-state index contributed by atoms with van der Waals surface area (Å²) < 4.78 is 4.82. The highest BCUT2D eigenvalue weighted by Gasteiger charge is 2.04. The molecule has 0 bridgehead atoms. The van der Waals surface area contributed by atoms with Gasteiger partial charge in [0.1, 0.15) is 6.61 Å². The molecule has 1 unspecified atom stereocenters. The Morgan fingerprint density at radius 3 is 2.43 bits per heavy atom. The summed E-state index contributed by atoms with van der Waals surface area (Å²) in [6.45, 7) is 6.06. The Bertz CT molecular complexity index is 153. The maximum Gasteiger partial charge on any atom is 0.305 e. The van der Waals surface area contributed by atoms with E-state index >= 15 is 0 Å². The first-order valence-electron chi connectivity index (χ1n) is 5.36. The number of rotatable bonds is 7. The first kappa shape index (κ1) is 13.4. The second-order valence-electron chi connectivity index (χ2n) is 4.17. The molecule has 1 atom stereocenters. The Kier molecular flexibility index (Phi) is 7.48. The van der Waals surface area contributed by atoms with Gasteiger partial charge in [0.2, 0.25) is 0 Å². The van der Waals surface area contributed by atoms with Crippen LogP contribution in [0.1, 0.15) is 46.5 Å². The minimum atomic E-state index is -0.561. The largest absolute Gasteiger partial charge is 0.463 e. The molecule has 0 saturated heterocycles. The molecule has 0 radical (unpaired) electrons. The zero-order valence-electron chi connectivity index (χ0n) is 9.45. The zero-order valence-corrected chi connectivity index (χ0v) is 9.45. The lowest BCUT2D eigenvalue weighted by Crippen LogP contribution is -2.14. The molecule has 84 valence electrons. The van der Waals surface area contributed by atoms with Crippen molar-refractivity contribution in [1.29, 1.82) is 0 Å². The van der Waals surface area contributed by atoms with Crippen LogP contribution in [0.5, 0.6) is 0 Å². The molecule has 0 aliphatic carbocycles. The Labute approximate surface area is 86.5 Å². The van der Waals surface area contributed by atoms with Crippen molar-refractivity contribution in [2.24, 2.45) is 5.92 Å². The molecular weight excluding hydrogens is 180 g/mol. The van der Waals surface area contributed by atoms with E-state index in [2.05, 4.69) is 13.8 Å². The van der Waals surface area contributed by atoms with Crippen LogP contribution in [0.2, 0.25) is 0 Å². The third kappa shape index (κ3) is 9.52. The molecule has 0 heterocycles. The molecule has 1 N–H and O–H groups in total. The predicted molar refractivity (Wildman–Crippen MR) is 55.9 cm³/mol. The average molecular weight is 202 g/mol. The normalized spacial score (nSPS) is 12.9. The van der Waals surface area contributed by atoms with Crippen LogP contribution < -0.4 is 0 Å². The Hall–Kier alpha value is -0.570. The third-order valence-electron chi connectivity index (χ3n) is 1.90. The van der Waals surface area contributed by atoms with Crippen molar-refractivity contribution in [2.75, 3.05) is 6.61 Å². The molecule has 0 saturated carbocycles. The summed E-state index contributed by atoms with van der Waals surface area (Å²) in [5.41, 5.74) is 0. The first-order valence-corrected chi connectivity index (χ1v) is 5.36. The van der Waals surface area contributed by atoms with Gasteiger partial charge in [-0.3, -0.25) is 4.79 Å². The number of carbonyl (C=O) groups is 1. The van der Waals surface area contributed by atoms with Crippen molar-refractivity contribution in [1.82, 2.24) is 0 Å². The van der Waals surface area contributed by atoms with Crippen molar-refractivity contribution in [3.63, 3.8) is 0 Å². The number of hydrogen-bond acceptors (Lipinski definition) is 3. The molecule has 0 aromatic carbocycles. The van der Waals surface area contributed by atoms with Gasteiger partial charge in [0.25, 0.3) is 0 Å². The highest BCUT2D eigenvalue weighted by Crippen LogP contribution is 2.08. The Morgan fingerprint density at radius 2 is 1.93 bits per heavy atom. The van der Waals surface area contributed by atoms with Crippen LogP contribution in [0.25, 0.3) is 0 Å². The van der Waals surface area contributed by atoms with E-state index in [1.165, 1.54) is 0 Å². The lowest BCUT2D eigenvalue weighted by atomic mass is 10.1. The fourth-order valence-electron chi connectivity index (χ4n) is 1.11. The molecule has 0 aromatic rings. The van der Waals surface area contributed by atoms with Crippen LogP contribution in [-0.2, 0) is 9.53 Å². The third-order valence-corrected chi connectivity index (χ3v) is 1.90. The van der Waals surface area contributed by atoms with Gasteiger partial charge in [0.05, 0.1) is 6.10 Å². The standard InChI is InChI=1S/C11H22O3/c1-9(2)6-4-5-7-11(13)14-8-10(3)12/h9-10,12H,4-8H2,1-3H3. The summed E-state index contributed by atoms with van der Waals surface area (Å²) in [6, 6.07) is 0. The number of unbranched alkanes of at least 4 members (excludes halogenated alkanes) is 1. The second kappa shape index (κ2) is 7.80. The van der Waals surface area contributed by atoms with Crippen LogP contribution in [0.15, 0.2) is 0 Å². The average Bonchev–Trinajstić information content (AvgIpc) is 2.08. The van der Waals surface area contributed by atoms with Crippen molar-refractivity contribution in [3.05, 3.63) is 0 Å². The molecule has 14 heavy (non-hydrogen) atoms. The predicted octanol–water partition coefficient (Wildman–Crippen LogP) is 2.13. The maximum absolute atomic E-state index is 11.1. The summed E-state index contributed by atoms with van der Waals surface area (Å²) in [5.74, 6) is 0.498. The van der Waals surface area contributed by atoms with Crippen molar-refractivity contribution < 1.29 is 14.6 Å². The lowest BCUT2D eigenvalue weighted by Gasteiger charge is -2.07. The molecular formula is C11H22O3. The van der Waals surface area contributed by atoms with Gasteiger partial charge in [-0.25, -0.2) is 0 Å². The highest BCUT2D eigenvalue weighted by molar-refractivity contribution is 5.69. The van der Waals surface area contributed by atoms with Gasteiger partial charge in [0.15, 0.2) is 0 Å². The highest BCUT2D eigenvalue weighted by atomic mass is 16.5. The van der Waals surface area contributed by atoms with Crippen molar-refractivity contribution >= 4 is 5.97 Å². The summed E-state index contributed by atoms with van der Waals surface area (Å²) >= 11 is 0. The molecule has 3 nitrogen and oxygen atoms in total. The number of hydrogen-bond donors (Lipinski definition) is 1. The van der Waals surface area contributed by atoms with E-state index < -0.39 is 6.10 Å². The van der Waals surface area contributed by atoms with Crippen molar-refractivity contribution in [2.45, 2.75) is 52.6 Å². The minimum Gasteiger partial charge on any atom is -0.463 e. The smallest absolute Gasteiger partial charge is 0.305 e. The number of ether oxygens (including phenoxy) is 1. The molecule has 0 fully saturated rings. The number of aliphatic hydroxyl groups is 1. The van der Waals surface area contributed by atoms with E-state index in [0.29, 0.717) is 12.3 Å². The summed E-state index contributed by atoms with van der Waals surface area (Å²) in [6.07, 6.45) is 3.02. The van der Waals surface area contributed by atoms with Gasteiger partial charge in [-0.15, -0.1) is 0 Å². The van der Waals surface area contributed by atoms with E-state index in [0.717, 1.165) is 19.3 Å². The molecule has 0 aliphatic rings. The van der Waals surface area contributed by atoms with Crippen LogP contribution in [0.3, 0.4) is 0 Å². The van der Waals surface area contributed by atoms with Crippen LogP contribution >= 0.6 is 0 Å². The molecule has 0 aromatic heterocycles.